The van der Waals surface area contributed by atoms with Crippen LogP contribution in [-0.2, 0) is 0 Å². The maximum Gasteiger partial charge on any atom is -0.0380 e. The van der Waals surface area contributed by atoms with Crippen molar-refractivity contribution in [3.8, 4) is 0 Å². The Balaban J connectivity index is 1.48. The zero-order chi connectivity index (χ0) is 11.1. The molecule has 0 aliphatic heterocycles. The topological polar surface area (TPSA) is 0 Å². The molecule has 0 saturated heterocycles. The zero-order valence-electron chi connectivity index (χ0n) is 11.1. The Morgan fingerprint density at radius 1 is 0.688 bits per heavy atom. The highest BCUT2D eigenvalue weighted by Gasteiger charge is 2.40. The van der Waals surface area contributed by atoms with Gasteiger partial charge < -0.3 is 0 Å². The highest BCUT2D eigenvalue weighted by molar-refractivity contribution is 4.91. The van der Waals surface area contributed by atoms with Crippen LogP contribution in [0.5, 0.6) is 0 Å². The summed E-state index contributed by atoms with van der Waals surface area (Å²) >= 11 is 0. The van der Waals surface area contributed by atoms with Crippen molar-refractivity contribution in [1.29, 1.82) is 0 Å². The van der Waals surface area contributed by atoms with Crippen LogP contribution in [-0.4, -0.2) is 0 Å². The first-order valence-electron chi connectivity index (χ1n) is 7.70. The van der Waals surface area contributed by atoms with E-state index in [1.165, 1.54) is 6.42 Å². The number of fused-ring (bicyclic) bond motifs is 1. The van der Waals surface area contributed by atoms with Gasteiger partial charge in [-0.3, -0.25) is 0 Å². The van der Waals surface area contributed by atoms with Crippen molar-refractivity contribution in [3.63, 3.8) is 0 Å². The predicted octanol–water partition coefficient (Wildman–Crippen LogP) is 4.89. The molecule has 0 nitrogen and oxygen atoms in total. The van der Waals surface area contributed by atoms with E-state index in [-0.39, 0.29) is 0 Å². The van der Waals surface area contributed by atoms with Crippen LogP contribution in [0.2, 0.25) is 0 Å². The minimum absolute atomic E-state index is 1.03. The van der Waals surface area contributed by atoms with Gasteiger partial charge in [0.2, 0.25) is 0 Å². The van der Waals surface area contributed by atoms with Gasteiger partial charge in [-0.1, -0.05) is 26.7 Å². The van der Waals surface area contributed by atoms with Crippen molar-refractivity contribution in [2.45, 2.75) is 65.2 Å². The average molecular weight is 220 g/mol. The van der Waals surface area contributed by atoms with Crippen molar-refractivity contribution in [2.75, 3.05) is 0 Å². The summed E-state index contributed by atoms with van der Waals surface area (Å²) < 4.78 is 0. The summed E-state index contributed by atoms with van der Waals surface area (Å²) in [7, 11) is 0. The molecule has 4 atom stereocenters. The lowest BCUT2D eigenvalue weighted by Gasteiger charge is -2.17. The summed E-state index contributed by atoms with van der Waals surface area (Å²) in [6.07, 6.45) is 12.5. The second-order valence-electron chi connectivity index (χ2n) is 7.45. The van der Waals surface area contributed by atoms with Crippen LogP contribution in [0, 0.1) is 35.5 Å². The summed E-state index contributed by atoms with van der Waals surface area (Å²) in [4.78, 5) is 0. The molecule has 0 aromatic carbocycles. The van der Waals surface area contributed by atoms with Crippen LogP contribution in [0.4, 0.5) is 0 Å². The van der Waals surface area contributed by atoms with Crippen LogP contribution in [0.15, 0.2) is 0 Å². The second kappa shape index (κ2) is 4.35. The third-order valence-corrected chi connectivity index (χ3v) is 5.82. The third kappa shape index (κ3) is 2.17. The molecular weight excluding hydrogens is 192 g/mol. The molecule has 0 heterocycles. The van der Waals surface area contributed by atoms with E-state index >= 15 is 0 Å². The van der Waals surface area contributed by atoms with Gasteiger partial charge in [-0.25, -0.2) is 0 Å². The number of hydrogen-bond acceptors (Lipinski definition) is 0. The van der Waals surface area contributed by atoms with Crippen molar-refractivity contribution >= 4 is 0 Å². The molecule has 0 bridgehead atoms. The fourth-order valence-electron chi connectivity index (χ4n) is 5.25. The zero-order valence-corrected chi connectivity index (χ0v) is 11.1. The Kier molecular flexibility index (Phi) is 3.02. The van der Waals surface area contributed by atoms with Crippen molar-refractivity contribution < 1.29 is 0 Å². The monoisotopic (exact) mass is 220 g/mol. The molecule has 92 valence electrons. The van der Waals surface area contributed by atoms with E-state index in [1.54, 1.807) is 44.9 Å². The minimum atomic E-state index is 1.03. The number of rotatable bonds is 2. The van der Waals surface area contributed by atoms with Crippen LogP contribution < -0.4 is 0 Å². The van der Waals surface area contributed by atoms with E-state index in [0.29, 0.717) is 0 Å². The van der Waals surface area contributed by atoms with Gasteiger partial charge in [-0.05, 0) is 74.0 Å². The molecule has 0 amide bonds. The molecule has 0 aromatic heterocycles. The Bertz CT molecular complexity index is 230. The van der Waals surface area contributed by atoms with Crippen LogP contribution >= 0.6 is 0 Å². The molecular formula is C16H28. The van der Waals surface area contributed by atoms with Gasteiger partial charge in [0.05, 0.1) is 0 Å². The molecule has 3 aliphatic carbocycles. The van der Waals surface area contributed by atoms with Crippen molar-refractivity contribution in [2.24, 2.45) is 35.5 Å². The maximum atomic E-state index is 2.46. The van der Waals surface area contributed by atoms with Gasteiger partial charge in [0.25, 0.3) is 0 Å². The molecule has 3 fully saturated rings. The molecule has 3 rings (SSSR count). The Morgan fingerprint density at radius 3 is 1.94 bits per heavy atom. The first-order chi connectivity index (χ1) is 7.70. The summed E-state index contributed by atoms with van der Waals surface area (Å²) in [6.45, 7) is 4.91. The predicted molar refractivity (Wildman–Crippen MR) is 69.2 cm³/mol. The lowest BCUT2D eigenvalue weighted by Crippen LogP contribution is -2.05. The summed E-state index contributed by atoms with van der Waals surface area (Å²) in [5.74, 6) is 6.58. The van der Waals surface area contributed by atoms with Gasteiger partial charge in [-0.2, -0.15) is 0 Å². The van der Waals surface area contributed by atoms with E-state index in [9.17, 15) is 0 Å². The molecule has 0 radical (unpaired) electrons. The molecule has 0 N–H and O–H groups in total. The first kappa shape index (κ1) is 11.1. The second-order valence-corrected chi connectivity index (χ2v) is 7.45. The van der Waals surface area contributed by atoms with Gasteiger partial charge in [0, 0.05) is 0 Å². The van der Waals surface area contributed by atoms with E-state index in [2.05, 4.69) is 13.8 Å². The summed E-state index contributed by atoms with van der Waals surface area (Å²) in [6, 6.07) is 0. The van der Waals surface area contributed by atoms with Crippen LogP contribution in [0.25, 0.3) is 0 Å². The average Bonchev–Trinajstić information content (AvgIpc) is 2.81. The Labute approximate surface area is 101 Å². The van der Waals surface area contributed by atoms with E-state index in [1.807, 2.05) is 0 Å². The highest BCUT2D eigenvalue weighted by atomic mass is 14.5. The van der Waals surface area contributed by atoms with E-state index < -0.39 is 0 Å². The van der Waals surface area contributed by atoms with Gasteiger partial charge >= 0.3 is 0 Å². The number of hydrogen-bond donors (Lipinski definition) is 0. The van der Waals surface area contributed by atoms with Crippen molar-refractivity contribution in [3.05, 3.63) is 0 Å². The molecule has 3 aliphatic rings. The fourth-order valence-corrected chi connectivity index (χ4v) is 5.25. The van der Waals surface area contributed by atoms with E-state index in [4.69, 9.17) is 0 Å². The molecule has 0 heteroatoms. The fraction of sp³-hybridized carbons (Fsp3) is 1.00. The molecule has 4 unspecified atom stereocenters. The van der Waals surface area contributed by atoms with Crippen molar-refractivity contribution in [1.82, 2.24) is 0 Å². The molecule has 0 aromatic rings. The standard InChI is InChI=1S/C16H28/c1-11-3-4-13(5-11)8-14-9-15-6-12(2)7-16(15)10-14/h11-16H,3-10H2,1-2H3. The minimum Gasteiger partial charge on any atom is -0.0625 e. The van der Waals surface area contributed by atoms with E-state index in [0.717, 1.165) is 35.5 Å². The quantitative estimate of drug-likeness (QED) is 0.622. The first-order valence-corrected chi connectivity index (χ1v) is 7.70. The Hall–Kier alpha value is 0. The third-order valence-electron chi connectivity index (χ3n) is 5.82. The molecule has 3 saturated carbocycles. The lowest BCUT2D eigenvalue weighted by atomic mass is 9.89. The summed E-state index contributed by atoms with van der Waals surface area (Å²) in [5, 5.41) is 0. The normalized spacial score (nSPS) is 52.1. The van der Waals surface area contributed by atoms with Gasteiger partial charge in [0.15, 0.2) is 0 Å². The SMILES string of the molecule is CC1CCC(CC2CC3CC(C)CC3C2)C1. The summed E-state index contributed by atoms with van der Waals surface area (Å²) in [5.41, 5.74) is 0. The maximum absolute atomic E-state index is 2.46. The van der Waals surface area contributed by atoms with Gasteiger partial charge in [0.1, 0.15) is 0 Å². The van der Waals surface area contributed by atoms with Gasteiger partial charge in [-0.15, -0.1) is 0 Å². The van der Waals surface area contributed by atoms with Crippen LogP contribution in [0.3, 0.4) is 0 Å². The highest BCUT2D eigenvalue weighted by Crippen LogP contribution is 2.51. The van der Waals surface area contributed by atoms with Crippen LogP contribution in [0.1, 0.15) is 65.2 Å². The molecule has 0 spiro atoms. The molecule has 16 heavy (non-hydrogen) atoms. The largest absolute Gasteiger partial charge is 0.0625 e. The Morgan fingerprint density at radius 2 is 1.38 bits per heavy atom. The lowest BCUT2D eigenvalue weighted by molar-refractivity contribution is 0.346. The smallest absolute Gasteiger partial charge is 0.0380 e.